The molecule has 0 spiro atoms. The third-order valence-electron chi connectivity index (χ3n) is 0.777. The second kappa shape index (κ2) is 5.42. The lowest BCUT2D eigenvalue weighted by Gasteiger charge is -1.98. The summed E-state index contributed by atoms with van der Waals surface area (Å²) in [6, 6.07) is 0. The molecule has 0 heterocycles. The number of rotatable bonds is 3. The van der Waals surface area contributed by atoms with E-state index in [4.69, 9.17) is 5.84 Å². The zero-order valence-corrected chi connectivity index (χ0v) is 7.34. The minimum Gasteiger partial charge on any atom is -0.347 e. The summed E-state index contributed by atoms with van der Waals surface area (Å²) in [6.07, 6.45) is 0.214. The number of hydrogen-bond donors (Lipinski definition) is 3. The van der Waals surface area contributed by atoms with Crippen LogP contribution in [0, 0.1) is 0 Å². The first-order valence-electron chi connectivity index (χ1n) is 2.59. The Morgan fingerprint density at radius 3 is 2.50 bits per heavy atom. The van der Waals surface area contributed by atoms with Crippen LogP contribution < -0.4 is 16.6 Å². The van der Waals surface area contributed by atoms with Crippen LogP contribution in [-0.2, 0) is 4.79 Å². The number of carbonyl (C=O) groups excluding carboxylic acids is 2. The maximum Gasteiger partial charge on any atom is 0.280 e. The Hall–Kier alpha value is -0.370. The standard InChI is InChI=1S/C4H8IN3O2/c5-4(10)7-2-1-3(9)8-6/h1-2,6H2,(H,7,10)(H,8,9). The van der Waals surface area contributed by atoms with E-state index in [2.05, 4.69) is 5.32 Å². The van der Waals surface area contributed by atoms with Crippen molar-refractivity contribution in [2.75, 3.05) is 6.54 Å². The summed E-state index contributed by atoms with van der Waals surface area (Å²) in [5.41, 5.74) is 1.95. The SMILES string of the molecule is NNC(=O)CCNC(=O)I. The molecule has 0 aliphatic carbocycles. The smallest absolute Gasteiger partial charge is 0.280 e. The number of nitrogens with two attached hydrogens (primary N) is 1. The van der Waals surface area contributed by atoms with Crippen LogP contribution >= 0.6 is 22.6 Å². The molecule has 4 N–H and O–H groups in total. The average Bonchev–Trinajstić information content (AvgIpc) is 1.87. The molecule has 0 bridgehead atoms. The van der Waals surface area contributed by atoms with Crippen LogP contribution in [0.5, 0.6) is 0 Å². The molecule has 0 radical (unpaired) electrons. The van der Waals surface area contributed by atoms with Gasteiger partial charge in [-0.1, -0.05) is 0 Å². The van der Waals surface area contributed by atoms with E-state index in [9.17, 15) is 9.59 Å². The maximum absolute atomic E-state index is 10.4. The fourth-order valence-electron chi connectivity index (χ4n) is 0.346. The Balaban J connectivity index is 3.20. The van der Waals surface area contributed by atoms with Gasteiger partial charge in [0.25, 0.3) is 3.91 Å². The number of nitrogens with one attached hydrogen (secondary N) is 2. The highest BCUT2D eigenvalue weighted by Gasteiger charge is 1.97. The minimum atomic E-state index is -0.287. The summed E-state index contributed by atoms with van der Waals surface area (Å²) in [7, 11) is 0. The van der Waals surface area contributed by atoms with E-state index in [1.807, 2.05) is 5.43 Å². The molecular formula is C4H8IN3O2. The van der Waals surface area contributed by atoms with Gasteiger partial charge in [-0.15, -0.1) is 0 Å². The molecular weight excluding hydrogens is 249 g/mol. The van der Waals surface area contributed by atoms with Crippen LogP contribution in [0.4, 0.5) is 4.79 Å². The van der Waals surface area contributed by atoms with E-state index in [1.54, 1.807) is 22.6 Å². The highest BCUT2D eigenvalue weighted by molar-refractivity contribution is 14.1. The first-order chi connectivity index (χ1) is 4.66. The van der Waals surface area contributed by atoms with E-state index in [1.165, 1.54) is 0 Å². The fraction of sp³-hybridized carbons (Fsp3) is 0.500. The summed E-state index contributed by atoms with van der Waals surface area (Å²) >= 11 is 1.59. The zero-order chi connectivity index (χ0) is 7.98. The van der Waals surface area contributed by atoms with E-state index in [0.717, 1.165) is 0 Å². The summed E-state index contributed by atoms with van der Waals surface area (Å²) in [4.78, 5) is 20.6. The number of carbonyl (C=O) groups is 2. The average molecular weight is 257 g/mol. The number of halogens is 1. The van der Waals surface area contributed by atoms with Crippen molar-refractivity contribution in [2.24, 2.45) is 5.84 Å². The molecule has 0 saturated carbocycles. The predicted octanol–water partition coefficient (Wildman–Crippen LogP) is -0.489. The first kappa shape index (κ1) is 9.63. The molecule has 0 aromatic carbocycles. The molecule has 0 aromatic rings. The monoisotopic (exact) mass is 257 g/mol. The molecule has 0 saturated heterocycles. The normalized spacial score (nSPS) is 8.60. The van der Waals surface area contributed by atoms with E-state index >= 15 is 0 Å². The molecule has 2 amide bonds. The molecule has 5 nitrogen and oxygen atoms in total. The van der Waals surface area contributed by atoms with E-state index < -0.39 is 0 Å². The van der Waals surface area contributed by atoms with Gasteiger partial charge in [0, 0.05) is 35.6 Å². The van der Waals surface area contributed by atoms with E-state index in [-0.39, 0.29) is 16.2 Å². The summed E-state index contributed by atoms with van der Waals surface area (Å²) < 4.78 is -0.178. The molecule has 0 aliphatic heterocycles. The third kappa shape index (κ3) is 5.76. The summed E-state index contributed by atoms with van der Waals surface area (Å²) in [6.45, 7) is 0.324. The molecule has 6 heteroatoms. The second-order valence-corrected chi connectivity index (χ2v) is 2.50. The van der Waals surface area contributed by atoms with Crippen molar-refractivity contribution in [1.82, 2.24) is 10.7 Å². The Bertz CT molecular complexity index is 138. The van der Waals surface area contributed by atoms with Gasteiger partial charge in [0.05, 0.1) is 0 Å². The second-order valence-electron chi connectivity index (χ2n) is 1.52. The lowest BCUT2D eigenvalue weighted by Crippen LogP contribution is -2.32. The van der Waals surface area contributed by atoms with Gasteiger partial charge in [0.15, 0.2) is 0 Å². The van der Waals surface area contributed by atoms with Gasteiger partial charge in [-0.25, -0.2) is 5.84 Å². The fourth-order valence-corrected chi connectivity index (χ4v) is 0.616. The Morgan fingerprint density at radius 2 is 2.10 bits per heavy atom. The molecule has 10 heavy (non-hydrogen) atoms. The van der Waals surface area contributed by atoms with Crippen molar-refractivity contribution >= 4 is 32.4 Å². The van der Waals surface area contributed by atoms with Crippen molar-refractivity contribution in [1.29, 1.82) is 0 Å². The Labute approximate surface area is 71.8 Å². The van der Waals surface area contributed by atoms with Crippen molar-refractivity contribution in [2.45, 2.75) is 6.42 Å². The van der Waals surface area contributed by atoms with Gasteiger partial charge in [-0.2, -0.15) is 0 Å². The predicted molar refractivity (Wildman–Crippen MR) is 44.4 cm³/mol. The topological polar surface area (TPSA) is 84.2 Å². The van der Waals surface area contributed by atoms with Gasteiger partial charge in [-0.3, -0.25) is 15.0 Å². The van der Waals surface area contributed by atoms with Crippen LogP contribution in [0.1, 0.15) is 6.42 Å². The molecule has 0 aliphatic rings. The van der Waals surface area contributed by atoms with Gasteiger partial charge in [-0.05, 0) is 0 Å². The van der Waals surface area contributed by atoms with Crippen molar-refractivity contribution in [3.8, 4) is 0 Å². The van der Waals surface area contributed by atoms with Gasteiger partial charge < -0.3 is 5.32 Å². The molecule has 0 rings (SSSR count). The van der Waals surface area contributed by atoms with Gasteiger partial charge in [0.2, 0.25) is 5.91 Å². The highest BCUT2D eigenvalue weighted by Crippen LogP contribution is 1.83. The summed E-state index contributed by atoms with van der Waals surface area (Å²) in [5.74, 6) is 4.49. The van der Waals surface area contributed by atoms with Gasteiger partial charge in [0.1, 0.15) is 0 Å². The lowest BCUT2D eigenvalue weighted by molar-refractivity contribution is -0.121. The largest absolute Gasteiger partial charge is 0.347 e. The van der Waals surface area contributed by atoms with Crippen molar-refractivity contribution in [3.63, 3.8) is 0 Å². The highest BCUT2D eigenvalue weighted by atomic mass is 127. The Morgan fingerprint density at radius 1 is 1.50 bits per heavy atom. The third-order valence-corrected chi connectivity index (χ3v) is 1.16. The zero-order valence-electron chi connectivity index (χ0n) is 5.19. The minimum absolute atomic E-state index is 0.178. The lowest BCUT2D eigenvalue weighted by atomic mass is 10.4. The van der Waals surface area contributed by atoms with Crippen LogP contribution in [0.15, 0.2) is 0 Å². The first-order valence-corrected chi connectivity index (χ1v) is 3.67. The van der Waals surface area contributed by atoms with Crippen LogP contribution in [0.2, 0.25) is 0 Å². The number of hydrogen-bond acceptors (Lipinski definition) is 3. The number of hydrazine groups is 1. The summed E-state index contributed by atoms with van der Waals surface area (Å²) in [5, 5.41) is 2.44. The molecule has 0 aromatic heterocycles. The molecule has 0 atom stereocenters. The molecule has 0 unspecified atom stereocenters. The van der Waals surface area contributed by atoms with Crippen LogP contribution in [0.3, 0.4) is 0 Å². The quantitative estimate of drug-likeness (QED) is 0.159. The maximum atomic E-state index is 10.4. The van der Waals surface area contributed by atoms with Crippen molar-refractivity contribution < 1.29 is 9.59 Å². The van der Waals surface area contributed by atoms with Crippen molar-refractivity contribution in [3.05, 3.63) is 0 Å². The Kier molecular flexibility index (Phi) is 5.22. The van der Waals surface area contributed by atoms with Crippen LogP contribution in [0.25, 0.3) is 0 Å². The van der Waals surface area contributed by atoms with E-state index in [0.29, 0.717) is 6.54 Å². The van der Waals surface area contributed by atoms with Crippen LogP contribution in [-0.4, -0.2) is 16.4 Å². The van der Waals surface area contributed by atoms with Gasteiger partial charge >= 0.3 is 0 Å². The number of amides is 2. The molecule has 58 valence electrons. The molecule has 0 fully saturated rings.